The van der Waals surface area contributed by atoms with Gasteiger partial charge in [-0.15, -0.1) is 0 Å². The van der Waals surface area contributed by atoms with Crippen molar-refractivity contribution in [2.24, 2.45) is 0 Å². The number of fused-ring (bicyclic) bond motifs is 1. The lowest BCUT2D eigenvalue weighted by atomic mass is 10.2. The number of rotatable bonds is 6. The van der Waals surface area contributed by atoms with Gasteiger partial charge in [0.2, 0.25) is 0 Å². The number of carbonyl (C=O) groups excluding carboxylic acids is 1. The number of nitrogens with two attached hydrogens (primary N) is 1. The van der Waals surface area contributed by atoms with E-state index in [0.29, 0.717) is 6.54 Å². The number of amides is 1. The van der Waals surface area contributed by atoms with E-state index in [9.17, 15) is 4.79 Å². The van der Waals surface area contributed by atoms with Crippen LogP contribution in [0.2, 0.25) is 0 Å². The molecule has 3 aromatic rings. The smallest absolute Gasteiger partial charge is 0.275 e. The molecule has 0 radical (unpaired) electrons. The van der Waals surface area contributed by atoms with Gasteiger partial charge in [0.25, 0.3) is 5.91 Å². The molecular weight excluding hydrogens is 292 g/mol. The summed E-state index contributed by atoms with van der Waals surface area (Å²) in [5.74, 6) is 1.60. The minimum atomic E-state index is -0.165. The molecule has 1 aromatic carbocycles. The second-order valence-corrected chi connectivity index (χ2v) is 5.72. The van der Waals surface area contributed by atoms with Gasteiger partial charge in [-0.1, -0.05) is 18.2 Å². The standard InChI is InChI=1S/C18H20N2O3/c1-12(15-8-5-9-22-15)19-11-18(21)20-13(2)17-10-14-6-3-4-7-16(14)23-17/h3-10,12-13,19H,11H2,1-2H3,(H,20,21)/p+1/t12-,13-/m0/s1. The molecular formula is C18H21N2O3+. The van der Waals surface area contributed by atoms with Crippen molar-refractivity contribution in [3.63, 3.8) is 0 Å². The Hall–Kier alpha value is -2.53. The molecule has 2 aromatic heterocycles. The van der Waals surface area contributed by atoms with Gasteiger partial charge in [-0.05, 0) is 38.1 Å². The molecule has 120 valence electrons. The molecule has 0 fully saturated rings. The molecule has 0 saturated heterocycles. The zero-order chi connectivity index (χ0) is 16.2. The second kappa shape index (κ2) is 6.71. The van der Waals surface area contributed by atoms with Crippen molar-refractivity contribution in [3.05, 3.63) is 60.2 Å². The van der Waals surface area contributed by atoms with Crippen LogP contribution in [0.25, 0.3) is 11.0 Å². The fourth-order valence-corrected chi connectivity index (χ4v) is 2.54. The number of furan rings is 2. The van der Waals surface area contributed by atoms with E-state index in [2.05, 4.69) is 5.32 Å². The molecule has 0 aliphatic carbocycles. The first kappa shape index (κ1) is 15.4. The van der Waals surface area contributed by atoms with E-state index in [1.165, 1.54) is 0 Å². The SMILES string of the molecule is C[C@H](NC(=O)C[NH2+][C@@H](C)c1ccco1)c1cc2ccccc2o1. The van der Waals surface area contributed by atoms with E-state index in [-0.39, 0.29) is 18.0 Å². The van der Waals surface area contributed by atoms with Gasteiger partial charge in [0.05, 0.1) is 12.3 Å². The molecule has 1 amide bonds. The molecule has 0 unspecified atom stereocenters. The Labute approximate surface area is 134 Å². The highest BCUT2D eigenvalue weighted by Gasteiger charge is 2.17. The van der Waals surface area contributed by atoms with Crippen LogP contribution < -0.4 is 10.6 Å². The Bertz CT molecular complexity index is 744. The van der Waals surface area contributed by atoms with E-state index in [1.807, 2.05) is 61.6 Å². The van der Waals surface area contributed by atoms with Gasteiger partial charge in [0.15, 0.2) is 12.3 Å². The summed E-state index contributed by atoms with van der Waals surface area (Å²) in [5, 5.41) is 5.95. The van der Waals surface area contributed by atoms with Crippen molar-refractivity contribution in [1.29, 1.82) is 0 Å². The average Bonchev–Trinajstić information content (AvgIpc) is 3.21. The van der Waals surface area contributed by atoms with Gasteiger partial charge in [-0.2, -0.15) is 0 Å². The first-order valence-electron chi connectivity index (χ1n) is 7.78. The number of carbonyl (C=O) groups is 1. The van der Waals surface area contributed by atoms with Crippen molar-refractivity contribution in [2.45, 2.75) is 25.9 Å². The Balaban J connectivity index is 1.54. The number of para-hydroxylation sites is 1. The van der Waals surface area contributed by atoms with Crippen LogP contribution >= 0.6 is 0 Å². The third-order valence-electron chi connectivity index (χ3n) is 3.90. The number of benzene rings is 1. The lowest BCUT2D eigenvalue weighted by Crippen LogP contribution is -2.87. The fourth-order valence-electron chi connectivity index (χ4n) is 2.54. The first-order valence-corrected chi connectivity index (χ1v) is 7.78. The third-order valence-corrected chi connectivity index (χ3v) is 3.90. The summed E-state index contributed by atoms with van der Waals surface area (Å²) in [7, 11) is 0. The van der Waals surface area contributed by atoms with Crippen molar-refractivity contribution in [3.8, 4) is 0 Å². The number of nitrogens with one attached hydrogen (secondary N) is 1. The van der Waals surface area contributed by atoms with Crippen LogP contribution in [0.3, 0.4) is 0 Å². The molecule has 3 rings (SSSR count). The fraction of sp³-hybridized carbons (Fsp3) is 0.278. The molecule has 0 saturated carbocycles. The molecule has 0 bridgehead atoms. The third kappa shape index (κ3) is 3.63. The maximum atomic E-state index is 12.1. The normalized spacial score (nSPS) is 13.8. The van der Waals surface area contributed by atoms with Gasteiger partial charge in [-0.3, -0.25) is 4.79 Å². The van der Waals surface area contributed by atoms with Crippen LogP contribution in [0, 0.1) is 0 Å². The highest BCUT2D eigenvalue weighted by atomic mass is 16.3. The molecule has 0 aliphatic rings. The molecule has 0 aliphatic heterocycles. The first-order chi connectivity index (χ1) is 11.1. The van der Waals surface area contributed by atoms with Crippen LogP contribution in [0.5, 0.6) is 0 Å². The Morgan fingerprint density at radius 1 is 1.17 bits per heavy atom. The molecule has 0 spiro atoms. The summed E-state index contributed by atoms with van der Waals surface area (Å²) in [6.07, 6.45) is 1.64. The van der Waals surface area contributed by atoms with Crippen molar-refractivity contribution in [1.82, 2.24) is 5.32 Å². The Morgan fingerprint density at radius 2 is 2.00 bits per heavy atom. The zero-order valence-electron chi connectivity index (χ0n) is 13.3. The molecule has 2 heterocycles. The van der Waals surface area contributed by atoms with Crippen molar-refractivity contribution in [2.75, 3.05) is 6.54 Å². The molecule has 2 atom stereocenters. The highest BCUT2D eigenvalue weighted by molar-refractivity contribution is 5.79. The van der Waals surface area contributed by atoms with E-state index < -0.39 is 0 Å². The maximum absolute atomic E-state index is 12.1. The molecule has 5 heteroatoms. The molecule has 3 N–H and O–H groups in total. The largest absolute Gasteiger partial charge is 0.463 e. The Morgan fingerprint density at radius 3 is 2.74 bits per heavy atom. The van der Waals surface area contributed by atoms with Crippen LogP contribution in [0.1, 0.15) is 37.5 Å². The molecule has 23 heavy (non-hydrogen) atoms. The van der Waals surface area contributed by atoms with E-state index in [0.717, 1.165) is 22.5 Å². The van der Waals surface area contributed by atoms with Gasteiger partial charge in [-0.25, -0.2) is 0 Å². The molecule has 5 nitrogen and oxygen atoms in total. The monoisotopic (exact) mass is 313 g/mol. The lowest BCUT2D eigenvalue weighted by Gasteiger charge is -2.12. The summed E-state index contributed by atoms with van der Waals surface area (Å²) in [6.45, 7) is 4.27. The topological polar surface area (TPSA) is 72.0 Å². The van der Waals surface area contributed by atoms with E-state index in [4.69, 9.17) is 8.83 Å². The second-order valence-electron chi connectivity index (χ2n) is 5.72. The van der Waals surface area contributed by atoms with Crippen molar-refractivity contribution < 1.29 is 18.9 Å². The summed E-state index contributed by atoms with van der Waals surface area (Å²) in [4.78, 5) is 12.1. The number of quaternary nitrogens is 1. The van der Waals surface area contributed by atoms with Gasteiger partial charge >= 0.3 is 0 Å². The van der Waals surface area contributed by atoms with Gasteiger partial charge in [0, 0.05) is 5.39 Å². The lowest BCUT2D eigenvalue weighted by molar-refractivity contribution is -0.684. The maximum Gasteiger partial charge on any atom is 0.275 e. The quantitative estimate of drug-likeness (QED) is 0.734. The van der Waals surface area contributed by atoms with Crippen LogP contribution in [0.4, 0.5) is 0 Å². The summed E-state index contributed by atoms with van der Waals surface area (Å²) in [6, 6.07) is 13.5. The van der Waals surface area contributed by atoms with E-state index in [1.54, 1.807) is 6.26 Å². The summed E-state index contributed by atoms with van der Waals surface area (Å²) < 4.78 is 11.1. The highest BCUT2D eigenvalue weighted by Crippen LogP contribution is 2.23. The predicted octanol–water partition coefficient (Wildman–Crippen LogP) is 2.53. The zero-order valence-corrected chi connectivity index (χ0v) is 13.3. The number of hydrogen-bond acceptors (Lipinski definition) is 3. The summed E-state index contributed by atoms with van der Waals surface area (Å²) >= 11 is 0. The van der Waals surface area contributed by atoms with E-state index >= 15 is 0 Å². The Kier molecular flexibility index (Phi) is 4.48. The van der Waals surface area contributed by atoms with Crippen molar-refractivity contribution >= 4 is 16.9 Å². The average molecular weight is 313 g/mol. The van der Waals surface area contributed by atoms with Crippen LogP contribution in [-0.2, 0) is 4.79 Å². The predicted molar refractivity (Wildman–Crippen MR) is 86.7 cm³/mol. The summed E-state index contributed by atoms with van der Waals surface area (Å²) in [5.41, 5.74) is 0.835. The minimum absolute atomic E-state index is 0.0311. The van der Waals surface area contributed by atoms with Gasteiger partial charge in [0.1, 0.15) is 17.4 Å². The van der Waals surface area contributed by atoms with Crippen LogP contribution in [0.15, 0.2) is 57.6 Å². The van der Waals surface area contributed by atoms with Crippen LogP contribution in [-0.4, -0.2) is 12.5 Å². The minimum Gasteiger partial charge on any atom is -0.463 e. The van der Waals surface area contributed by atoms with Gasteiger partial charge < -0.3 is 19.5 Å². The number of hydrogen-bond donors (Lipinski definition) is 2.